The van der Waals surface area contributed by atoms with Crippen molar-refractivity contribution in [2.45, 2.75) is 37.5 Å². The summed E-state index contributed by atoms with van der Waals surface area (Å²) in [5.41, 5.74) is 1.12. The van der Waals surface area contributed by atoms with Crippen molar-refractivity contribution in [3.05, 3.63) is 44.8 Å². The van der Waals surface area contributed by atoms with Crippen LogP contribution in [0.15, 0.2) is 29.2 Å². The first-order valence-corrected chi connectivity index (χ1v) is 12.5. The Labute approximate surface area is 221 Å². The molecular formula is C23H25Cl2N7O5. The molecule has 14 heteroatoms. The van der Waals surface area contributed by atoms with Crippen molar-refractivity contribution in [3.63, 3.8) is 0 Å². The van der Waals surface area contributed by atoms with E-state index < -0.39 is 18.2 Å². The van der Waals surface area contributed by atoms with Gasteiger partial charge in [-0.05, 0) is 31.0 Å². The largest absolute Gasteiger partial charge is 0.465 e. The van der Waals surface area contributed by atoms with Crippen LogP contribution in [0.1, 0.15) is 25.3 Å². The minimum absolute atomic E-state index is 0.0699. The van der Waals surface area contributed by atoms with Gasteiger partial charge in [0.1, 0.15) is 11.6 Å². The van der Waals surface area contributed by atoms with Crippen molar-refractivity contribution >= 4 is 57.9 Å². The Hall–Kier alpha value is -3.35. The first-order chi connectivity index (χ1) is 17.6. The minimum Gasteiger partial charge on any atom is -0.465 e. The number of carboxylic acid groups (broad SMARTS) is 1. The number of rotatable bonds is 4. The summed E-state index contributed by atoms with van der Waals surface area (Å²) in [5, 5.41) is 24.5. The van der Waals surface area contributed by atoms with Crippen molar-refractivity contribution in [2.75, 3.05) is 31.6 Å². The van der Waals surface area contributed by atoms with Crippen LogP contribution in [0.5, 0.6) is 0 Å². The number of anilines is 2. The molecule has 0 saturated carbocycles. The number of hydrogen-bond acceptors (Lipinski definition) is 7. The molecule has 2 fully saturated rings. The number of nitrogens with one attached hydrogen (secondary N) is 1. The number of aromatic amines is 1. The highest BCUT2D eigenvalue weighted by atomic mass is 35.5. The molecule has 2 atom stereocenters. The highest BCUT2D eigenvalue weighted by Crippen LogP contribution is 2.30. The van der Waals surface area contributed by atoms with Gasteiger partial charge in [-0.2, -0.15) is 5.10 Å². The Morgan fingerprint density at radius 2 is 1.92 bits per heavy atom. The molecule has 2 aromatic heterocycles. The number of aliphatic hydroxyl groups excluding tert-OH is 1. The Bertz CT molecular complexity index is 1420. The lowest BCUT2D eigenvalue weighted by Gasteiger charge is -2.35. The summed E-state index contributed by atoms with van der Waals surface area (Å²) in [6.45, 7) is 0.697. The number of fused-ring (bicyclic) bond motifs is 1. The van der Waals surface area contributed by atoms with E-state index in [2.05, 4.69) is 15.1 Å². The second kappa shape index (κ2) is 9.84. The van der Waals surface area contributed by atoms with Gasteiger partial charge in [0.25, 0.3) is 5.56 Å². The lowest BCUT2D eigenvalue weighted by molar-refractivity contribution is -0.136. The minimum atomic E-state index is -1.22. The molecule has 3 N–H and O–H groups in total. The van der Waals surface area contributed by atoms with Gasteiger partial charge in [0.05, 0.1) is 34.9 Å². The van der Waals surface area contributed by atoms with Crippen LogP contribution >= 0.6 is 23.2 Å². The number of H-pyrrole nitrogens is 1. The van der Waals surface area contributed by atoms with Gasteiger partial charge in [-0.3, -0.25) is 24.2 Å². The zero-order valence-electron chi connectivity index (χ0n) is 19.8. The maximum absolute atomic E-state index is 13.1. The zero-order valence-corrected chi connectivity index (χ0v) is 21.4. The molecule has 0 spiro atoms. The number of piperidine rings is 1. The van der Waals surface area contributed by atoms with Crippen molar-refractivity contribution in [1.82, 2.24) is 29.5 Å². The van der Waals surface area contributed by atoms with E-state index in [0.717, 1.165) is 4.90 Å². The van der Waals surface area contributed by atoms with Gasteiger partial charge in [-0.25, -0.2) is 9.78 Å². The van der Waals surface area contributed by atoms with E-state index in [9.17, 15) is 24.6 Å². The molecule has 2 aliphatic heterocycles. The molecule has 0 unspecified atom stereocenters. The summed E-state index contributed by atoms with van der Waals surface area (Å²) in [6, 6.07) is 4.09. The van der Waals surface area contributed by atoms with Gasteiger partial charge in [-0.1, -0.05) is 23.2 Å². The van der Waals surface area contributed by atoms with Crippen molar-refractivity contribution in [1.29, 1.82) is 0 Å². The van der Waals surface area contributed by atoms with Crippen LogP contribution in [0.4, 0.5) is 16.4 Å². The Kier molecular flexibility index (Phi) is 6.73. The molecule has 3 aromatic rings. The van der Waals surface area contributed by atoms with Gasteiger partial charge in [-0.15, -0.1) is 0 Å². The van der Waals surface area contributed by atoms with Gasteiger partial charge < -0.3 is 20.0 Å². The number of aliphatic hydroxyl groups is 1. The summed E-state index contributed by atoms with van der Waals surface area (Å²) in [5.74, 6) is 0.00908. The first kappa shape index (κ1) is 25.3. The first-order valence-electron chi connectivity index (χ1n) is 11.8. The molecular weight excluding hydrogens is 525 g/mol. The van der Waals surface area contributed by atoms with Crippen LogP contribution < -0.4 is 10.5 Å². The predicted octanol–water partition coefficient (Wildman–Crippen LogP) is 2.47. The normalized spacial score (nSPS) is 20.5. The van der Waals surface area contributed by atoms with Crippen LogP contribution in [-0.4, -0.2) is 90.6 Å². The SMILES string of the molecule is CN(c1ccc(Cl)c(Cl)c1)c1nc2cnn(C3CCN(C(=O)[C@@H]4C[C@@H](O)CN4C(=O)O)CC3)c2c(=O)[nH]1. The molecule has 12 nitrogen and oxygen atoms in total. The monoisotopic (exact) mass is 549 g/mol. The van der Waals surface area contributed by atoms with Gasteiger partial charge >= 0.3 is 6.09 Å². The van der Waals surface area contributed by atoms with Crippen LogP contribution in [0, 0.1) is 0 Å². The van der Waals surface area contributed by atoms with Crippen LogP contribution in [-0.2, 0) is 4.79 Å². The van der Waals surface area contributed by atoms with Crippen LogP contribution in [0.25, 0.3) is 11.0 Å². The molecule has 0 aliphatic carbocycles. The van der Waals surface area contributed by atoms with Crippen molar-refractivity contribution in [3.8, 4) is 0 Å². The predicted molar refractivity (Wildman–Crippen MR) is 137 cm³/mol. The van der Waals surface area contributed by atoms with E-state index in [1.807, 2.05) is 0 Å². The smallest absolute Gasteiger partial charge is 0.408 e. The summed E-state index contributed by atoms with van der Waals surface area (Å²) < 4.78 is 1.65. The molecule has 1 aromatic carbocycles. The van der Waals surface area contributed by atoms with Crippen molar-refractivity contribution < 1.29 is 19.8 Å². The van der Waals surface area contributed by atoms with Gasteiger partial charge in [0.2, 0.25) is 11.9 Å². The van der Waals surface area contributed by atoms with Gasteiger partial charge in [0, 0.05) is 32.2 Å². The zero-order chi connectivity index (χ0) is 26.4. The van der Waals surface area contributed by atoms with Crippen LogP contribution in [0.2, 0.25) is 10.0 Å². The number of carbonyl (C=O) groups is 2. The molecule has 0 radical (unpaired) electrons. The Balaban J connectivity index is 1.32. The number of carbonyl (C=O) groups excluding carboxylic acids is 1. The fourth-order valence-electron chi connectivity index (χ4n) is 5.01. The molecule has 2 aliphatic rings. The number of hydrogen-bond donors (Lipinski definition) is 3. The maximum atomic E-state index is 13.1. The summed E-state index contributed by atoms with van der Waals surface area (Å²) in [7, 11) is 1.75. The van der Waals surface area contributed by atoms with E-state index >= 15 is 0 Å². The maximum Gasteiger partial charge on any atom is 0.408 e. The quantitative estimate of drug-likeness (QED) is 0.449. The molecule has 4 heterocycles. The van der Waals surface area contributed by atoms with E-state index in [-0.39, 0.29) is 30.5 Å². The highest BCUT2D eigenvalue weighted by molar-refractivity contribution is 6.42. The van der Waals surface area contributed by atoms with Crippen molar-refractivity contribution in [2.24, 2.45) is 0 Å². The lowest BCUT2D eigenvalue weighted by Crippen LogP contribution is -2.49. The second-order valence-corrected chi connectivity index (χ2v) is 10.1. The molecule has 0 bridgehead atoms. The molecule has 37 heavy (non-hydrogen) atoms. The molecule has 196 valence electrons. The Morgan fingerprint density at radius 3 is 2.59 bits per heavy atom. The third-order valence-electron chi connectivity index (χ3n) is 6.98. The number of nitrogens with zero attached hydrogens (tertiary/aromatic N) is 6. The summed E-state index contributed by atoms with van der Waals surface area (Å²) >= 11 is 12.1. The third kappa shape index (κ3) is 4.72. The number of halogens is 2. The van der Waals surface area contributed by atoms with Crippen LogP contribution in [0.3, 0.4) is 0 Å². The average molecular weight is 550 g/mol. The third-order valence-corrected chi connectivity index (χ3v) is 7.72. The fraction of sp³-hybridized carbons (Fsp3) is 0.435. The topological polar surface area (TPSA) is 148 Å². The Morgan fingerprint density at radius 1 is 1.19 bits per heavy atom. The van der Waals surface area contributed by atoms with E-state index in [0.29, 0.717) is 58.6 Å². The number of likely N-dealkylation sites (tertiary alicyclic amines) is 2. The highest BCUT2D eigenvalue weighted by Gasteiger charge is 2.41. The number of benzene rings is 1. The summed E-state index contributed by atoms with van der Waals surface area (Å²) in [4.78, 5) is 49.2. The van der Waals surface area contributed by atoms with E-state index in [1.165, 1.54) is 0 Å². The second-order valence-electron chi connectivity index (χ2n) is 9.27. The standard InChI is InChI=1S/C23H25Cl2N7O5/c1-29(13-2-3-15(24)16(25)8-13)22-27-17-10-26-32(19(17)20(34)28-22)12-4-6-30(7-5-12)21(35)18-9-14(33)11-31(18)23(36)37/h2-3,8,10,12,14,18,33H,4-7,9,11H2,1H3,(H,36,37)(H,27,28,34)/t14-,18+/m1/s1. The number of aromatic nitrogens is 4. The average Bonchev–Trinajstić information content (AvgIpc) is 3.49. The lowest BCUT2D eigenvalue weighted by atomic mass is 10.0. The molecule has 2 saturated heterocycles. The fourth-order valence-corrected chi connectivity index (χ4v) is 5.30. The van der Waals surface area contributed by atoms with Gasteiger partial charge in [0.15, 0.2) is 5.52 Å². The molecule has 2 amide bonds. The molecule has 5 rings (SSSR count). The number of amides is 2. The van der Waals surface area contributed by atoms with E-state index in [4.69, 9.17) is 23.2 Å². The summed E-state index contributed by atoms with van der Waals surface area (Å²) in [6.07, 6.45) is 0.639. The van der Waals surface area contributed by atoms with E-state index in [1.54, 1.807) is 45.9 Å². The number of β-amino-alcohol motifs (C(OH)–C–C–N with tert-alkyl or cyclic N) is 1.